The van der Waals surface area contributed by atoms with Crippen LogP contribution in [0.2, 0.25) is 0 Å². The standard InChI is InChI=1S/C18H29NO/c1-6-14-20-17-11-9-16(10-12-17)15(2)8-7-13-19-18(3,4)5/h8-12,19H,6-7,13-14H2,1-5H3. The quantitative estimate of drug-likeness (QED) is 0.731. The van der Waals surface area contributed by atoms with Gasteiger partial charge >= 0.3 is 0 Å². The predicted molar refractivity (Wildman–Crippen MR) is 88.3 cm³/mol. The molecule has 0 spiro atoms. The van der Waals surface area contributed by atoms with Gasteiger partial charge in [0.2, 0.25) is 0 Å². The molecule has 0 heterocycles. The second-order valence-corrected chi connectivity index (χ2v) is 6.23. The molecule has 1 N–H and O–H groups in total. The third-order valence-electron chi connectivity index (χ3n) is 3.03. The van der Waals surface area contributed by atoms with Crippen LogP contribution in [0.3, 0.4) is 0 Å². The van der Waals surface area contributed by atoms with Crippen LogP contribution in [0.25, 0.3) is 5.57 Å². The number of allylic oxidation sites excluding steroid dienone is 1. The Morgan fingerprint density at radius 2 is 1.85 bits per heavy atom. The molecular formula is C18H29NO. The van der Waals surface area contributed by atoms with Gasteiger partial charge in [-0.15, -0.1) is 0 Å². The summed E-state index contributed by atoms with van der Waals surface area (Å²) in [4.78, 5) is 0. The lowest BCUT2D eigenvalue weighted by atomic mass is 10.1. The van der Waals surface area contributed by atoms with Gasteiger partial charge in [0.1, 0.15) is 5.75 Å². The Morgan fingerprint density at radius 1 is 1.20 bits per heavy atom. The Kier molecular flexibility index (Phi) is 6.80. The van der Waals surface area contributed by atoms with Crippen LogP contribution in [0, 0.1) is 0 Å². The first kappa shape index (κ1) is 16.8. The summed E-state index contributed by atoms with van der Waals surface area (Å²) in [5.74, 6) is 0.956. The maximum absolute atomic E-state index is 5.60. The van der Waals surface area contributed by atoms with E-state index in [1.807, 2.05) is 0 Å². The van der Waals surface area contributed by atoms with Crippen molar-refractivity contribution >= 4 is 5.57 Å². The van der Waals surface area contributed by atoms with Crippen LogP contribution < -0.4 is 10.1 Å². The van der Waals surface area contributed by atoms with Gasteiger partial charge in [-0.3, -0.25) is 0 Å². The summed E-state index contributed by atoms with van der Waals surface area (Å²) in [6.07, 6.45) is 4.39. The third kappa shape index (κ3) is 6.76. The van der Waals surface area contributed by atoms with Crippen molar-refractivity contribution in [2.24, 2.45) is 0 Å². The van der Waals surface area contributed by atoms with E-state index in [0.717, 1.165) is 31.7 Å². The maximum Gasteiger partial charge on any atom is 0.119 e. The highest BCUT2D eigenvalue weighted by molar-refractivity contribution is 5.64. The molecule has 0 saturated carbocycles. The average molecular weight is 275 g/mol. The van der Waals surface area contributed by atoms with E-state index >= 15 is 0 Å². The SMILES string of the molecule is CCCOc1ccc(C(C)=CCCNC(C)(C)C)cc1. The van der Waals surface area contributed by atoms with Crippen LogP contribution in [0.5, 0.6) is 5.75 Å². The van der Waals surface area contributed by atoms with Gasteiger partial charge in [0.25, 0.3) is 0 Å². The highest BCUT2D eigenvalue weighted by Crippen LogP contribution is 2.19. The van der Waals surface area contributed by atoms with Crippen molar-refractivity contribution in [1.82, 2.24) is 5.32 Å². The molecule has 0 aliphatic carbocycles. The van der Waals surface area contributed by atoms with Gasteiger partial charge in [-0.05, 0) is 70.4 Å². The zero-order valence-corrected chi connectivity index (χ0v) is 13.6. The third-order valence-corrected chi connectivity index (χ3v) is 3.03. The van der Waals surface area contributed by atoms with Gasteiger partial charge in [-0.1, -0.05) is 25.1 Å². The first-order chi connectivity index (χ1) is 9.42. The molecule has 1 rings (SSSR count). The van der Waals surface area contributed by atoms with Crippen molar-refractivity contribution in [2.75, 3.05) is 13.2 Å². The molecule has 1 aromatic carbocycles. The molecule has 0 unspecified atom stereocenters. The summed E-state index contributed by atoms with van der Waals surface area (Å²) in [6.45, 7) is 12.7. The Balaban J connectivity index is 2.48. The molecule has 1 aromatic rings. The van der Waals surface area contributed by atoms with Crippen LogP contribution in [-0.4, -0.2) is 18.7 Å². The first-order valence-electron chi connectivity index (χ1n) is 7.57. The van der Waals surface area contributed by atoms with Crippen molar-refractivity contribution in [3.63, 3.8) is 0 Å². The van der Waals surface area contributed by atoms with Gasteiger partial charge in [-0.25, -0.2) is 0 Å². The van der Waals surface area contributed by atoms with Crippen molar-refractivity contribution in [1.29, 1.82) is 0 Å². The monoisotopic (exact) mass is 275 g/mol. The normalized spacial score (nSPS) is 12.6. The van der Waals surface area contributed by atoms with Gasteiger partial charge in [0.15, 0.2) is 0 Å². The lowest BCUT2D eigenvalue weighted by Gasteiger charge is -2.19. The fourth-order valence-corrected chi connectivity index (χ4v) is 1.89. The van der Waals surface area contributed by atoms with Crippen LogP contribution in [0.1, 0.15) is 53.0 Å². The summed E-state index contributed by atoms with van der Waals surface area (Å²) < 4.78 is 5.60. The summed E-state index contributed by atoms with van der Waals surface area (Å²) >= 11 is 0. The Morgan fingerprint density at radius 3 is 2.40 bits per heavy atom. The molecule has 2 nitrogen and oxygen atoms in total. The van der Waals surface area contributed by atoms with Crippen LogP contribution in [0.4, 0.5) is 0 Å². The minimum absolute atomic E-state index is 0.194. The summed E-state index contributed by atoms with van der Waals surface area (Å²) in [6, 6.07) is 8.37. The minimum Gasteiger partial charge on any atom is -0.494 e. The van der Waals surface area contributed by atoms with E-state index in [1.165, 1.54) is 11.1 Å². The molecule has 0 aliphatic rings. The van der Waals surface area contributed by atoms with Crippen molar-refractivity contribution in [2.45, 2.75) is 53.0 Å². The molecule has 0 bridgehead atoms. The molecule has 112 valence electrons. The Hall–Kier alpha value is -1.28. The van der Waals surface area contributed by atoms with Crippen LogP contribution in [-0.2, 0) is 0 Å². The summed E-state index contributed by atoms with van der Waals surface area (Å²) in [7, 11) is 0. The number of hydrogen-bond acceptors (Lipinski definition) is 2. The molecule has 0 atom stereocenters. The van der Waals surface area contributed by atoms with E-state index in [9.17, 15) is 0 Å². The zero-order valence-electron chi connectivity index (χ0n) is 13.6. The van der Waals surface area contributed by atoms with Gasteiger partial charge in [-0.2, -0.15) is 0 Å². The summed E-state index contributed by atoms with van der Waals surface area (Å²) in [5.41, 5.74) is 2.78. The summed E-state index contributed by atoms with van der Waals surface area (Å²) in [5, 5.41) is 3.50. The first-order valence-corrected chi connectivity index (χ1v) is 7.57. The number of benzene rings is 1. The lowest BCUT2D eigenvalue weighted by molar-refractivity contribution is 0.317. The van der Waals surface area contributed by atoms with E-state index in [-0.39, 0.29) is 5.54 Å². The Bertz CT molecular complexity index is 412. The maximum atomic E-state index is 5.60. The minimum atomic E-state index is 0.194. The molecular weight excluding hydrogens is 246 g/mol. The van der Waals surface area contributed by atoms with Crippen LogP contribution in [0.15, 0.2) is 30.3 Å². The second-order valence-electron chi connectivity index (χ2n) is 6.23. The number of nitrogens with one attached hydrogen (secondary N) is 1. The van der Waals surface area contributed by atoms with Gasteiger partial charge in [0, 0.05) is 5.54 Å². The topological polar surface area (TPSA) is 21.3 Å². The van der Waals surface area contributed by atoms with E-state index in [1.54, 1.807) is 0 Å². The fourth-order valence-electron chi connectivity index (χ4n) is 1.89. The van der Waals surface area contributed by atoms with Gasteiger partial charge < -0.3 is 10.1 Å². The second kappa shape index (κ2) is 8.11. The van der Waals surface area contributed by atoms with E-state index < -0.39 is 0 Å². The number of ether oxygens (including phenoxy) is 1. The molecule has 0 fully saturated rings. The predicted octanol–water partition coefficient (Wildman–Crippen LogP) is 4.66. The van der Waals surface area contributed by atoms with E-state index in [0.29, 0.717) is 0 Å². The Labute approximate surface area is 124 Å². The average Bonchev–Trinajstić information content (AvgIpc) is 2.40. The molecule has 0 saturated heterocycles. The van der Waals surface area contributed by atoms with Gasteiger partial charge in [0.05, 0.1) is 6.61 Å². The van der Waals surface area contributed by atoms with Crippen LogP contribution >= 0.6 is 0 Å². The highest BCUT2D eigenvalue weighted by atomic mass is 16.5. The van der Waals surface area contributed by atoms with E-state index in [4.69, 9.17) is 4.74 Å². The van der Waals surface area contributed by atoms with Crippen molar-refractivity contribution in [3.05, 3.63) is 35.9 Å². The largest absolute Gasteiger partial charge is 0.494 e. The molecule has 20 heavy (non-hydrogen) atoms. The molecule has 0 aliphatic heterocycles. The van der Waals surface area contributed by atoms with Crippen molar-refractivity contribution < 1.29 is 4.74 Å². The zero-order chi connectivity index (χ0) is 15.0. The highest BCUT2D eigenvalue weighted by Gasteiger charge is 2.06. The fraction of sp³-hybridized carbons (Fsp3) is 0.556. The number of hydrogen-bond donors (Lipinski definition) is 1. The molecule has 0 aromatic heterocycles. The molecule has 2 heteroatoms. The van der Waals surface area contributed by atoms with E-state index in [2.05, 4.69) is 70.3 Å². The molecule has 0 radical (unpaired) electrons. The molecule has 0 amide bonds. The lowest BCUT2D eigenvalue weighted by Crippen LogP contribution is -2.36. The number of rotatable bonds is 7. The van der Waals surface area contributed by atoms with Crippen molar-refractivity contribution in [3.8, 4) is 5.75 Å². The smallest absolute Gasteiger partial charge is 0.119 e.